The normalized spacial score (nSPS) is 10.9. The average molecular weight is 662 g/mol. The molecule has 0 heterocycles. The molecule has 0 N–H and O–H groups in total. The molecule has 4 aromatic rings. The van der Waals surface area contributed by atoms with Crippen LogP contribution >= 0.6 is 0 Å². The van der Waals surface area contributed by atoms with Crippen LogP contribution in [-0.4, -0.2) is 25.2 Å². The number of carbonyl (C=O) groups excluding carboxylic acids is 2. The van der Waals surface area contributed by atoms with E-state index in [1.54, 1.807) is 12.1 Å². The zero-order valence-electron chi connectivity index (χ0n) is 22.7. The van der Waals surface area contributed by atoms with Crippen LogP contribution in [0.25, 0.3) is 11.1 Å². The van der Waals surface area contributed by atoms with Crippen LogP contribution in [-0.2, 0) is 32.3 Å². The summed E-state index contributed by atoms with van der Waals surface area (Å²) in [4.78, 5) is 24.0. The molecule has 242 valence electrons. The summed E-state index contributed by atoms with van der Waals surface area (Å²) in [5.41, 5.74) is -1.73. The van der Waals surface area contributed by atoms with Crippen molar-refractivity contribution in [1.29, 1.82) is 0 Å². The molecule has 16 heteroatoms. The highest BCUT2D eigenvalue weighted by Crippen LogP contribution is 2.28. The first-order chi connectivity index (χ1) is 21.8. The molecule has 0 radical (unpaired) electrons. The Morgan fingerprint density at radius 3 is 1.09 bits per heavy atom. The van der Waals surface area contributed by atoms with E-state index in [4.69, 9.17) is 9.47 Å². The van der Waals surface area contributed by atoms with E-state index in [1.807, 2.05) is 0 Å². The molecule has 0 atom stereocenters. The highest BCUT2D eigenvalue weighted by atomic mass is 19.2. The number of halogens is 10. The fourth-order valence-electron chi connectivity index (χ4n) is 3.76. The predicted octanol–water partition coefficient (Wildman–Crippen LogP) is 6.99. The number of ether oxygens (including phenoxy) is 4. The molecule has 4 rings (SSSR count). The second-order valence-electron chi connectivity index (χ2n) is 9.05. The Morgan fingerprint density at radius 1 is 0.457 bits per heavy atom. The van der Waals surface area contributed by atoms with E-state index in [0.717, 1.165) is 0 Å². The number of rotatable bonds is 11. The SMILES string of the molecule is O=C(COc1cccc(-c2cccc(OCC(=O)OCc3c(F)c(F)c(F)c(F)c3F)c2)c1)OCc1c(F)c(F)c(F)c(F)c1F. The van der Waals surface area contributed by atoms with Crippen LogP contribution in [0.5, 0.6) is 11.5 Å². The first-order valence-corrected chi connectivity index (χ1v) is 12.6. The number of carbonyl (C=O) groups is 2. The monoisotopic (exact) mass is 662 g/mol. The molecule has 46 heavy (non-hydrogen) atoms. The summed E-state index contributed by atoms with van der Waals surface area (Å²) < 4.78 is 154. The van der Waals surface area contributed by atoms with Crippen LogP contribution in [0.1, 0.15) is 11.1 Å². The van der Waals surface area contributed by atoms with Gasteiger partial charge in [-0.05, 0) is 35.4 Å². The summed E-state index contributed by atoms with van der Waals surface area (Å²) in [6, 6.07) is 11.9. The minimum atomic E-state index is -2.36. The lowest BCUT2D eigenvalue weighted by Crippen LogP contribution is -2.17. The van der Waals surface area contributed by atoms with E-state index in [0.29, 0.717) is 11.1 Å². The molecule has 0 fully saturated rings. The van der Waals surface area contributed by atoms with Gasteiger partial charge in [-0.25, -0.2) is 53.5 Å². The fraction of sp³-hybridized carbons (Fsp3) is 0.133. The average Bonchev–Trinajstić information content (AvgIpc) is 3.06. The topological polar surface area (TPSA) is 71.1 Å². The van der Waals surface area contributed by atoms with E-state index < -0.39 is 108 Å². The van der Waals surface area contributed by atoms with Gasteiger partial charge in [0, 0.05) is 0 Å². The molecule has 0 amide bonds. The molecule has 0 spiro atoms. The molecule has 0 aliphatic rings. The molecule has 0 aliphatic heterocycles. The number of hydrogen-bond donors (Lipinski definition) is 0. The van der Waals surface area contributed by atoms with E-state index in [-0.39, 0.29) is 11.5 Å². The molecule has 0 aromatic heterocycles. The van der Waals surface area contributed by atoms with Crippen LogP contribution in [0.3, 0.4) is 0 Å². The largest absolute Gasteiger partial charge is 0.482 e. The van der Waals surface area contributed by atoms with Gasteiger partial charge in [0.1, 0.15) is 24.7 Å². The lowest BCUT2D eigenvalue weighted by molar-refractivity contribution is -0.148. The summed E-state index contributed by atoms with van der Waals surface area (Å²) in [5.74, 6) is -24.3. The number of esters is 2. The first-order valence-electron chi connectivity index (χ1n) is 12.6. The van der Waals surface area contributed by atoms with Gasteiger partial charge in [0.25, 0.3) is 0 Å². The molecule has 4 aromatic carbocycles. The van der Waals surface area contributed by atoms with Crippen molar-refractivity contribution in [3.05, 3.63) is 118 Å². The summed E-state index contributed by atoms with van der Waals surface area (Å²) in [7, 11) is 0. The van der Waals surface area contributed by atoms with Gasteiger partial charge in [0.15, 0.2) is 59.8 Å². The Bertz CT molecular complexity index is 1620. The molecule has 0 unspecified atom stereocenters. The highest BCUT2D eigenvalue weighted by molar-refractivity contribution is 5.72. The molecular formula is C30H16F10O6. The third kappa shape index (κ3) is 7.33. The Balaban J connectivity index is 1.32. The summed E-state index contributed by atoms with van der Waals surface area (Å²) in [6.45, 7) is -4.14. The molecule has 0 aliphatic carbocycles. The highest BCUT2D eigenvalue weighted by Gasteiger charge is 2.27. The maximum atomic E-state index is 13.8. The van der Waals surface area contributed by atoms with Crippen LogP contribution in [0.2, 0.25) is 0 Å². The minimum absolute atomic E-state index is 0.0914. The van der Waals surface area contributed by atoms with Gasteiger partial charge in [-0.3, -0.25) is 0 Å². The van der Waals surface area contributed by atoms with Crippen LogP contribution in [0, 0.1) is 58.2 Å². The lowest BCUT2D eigenvalue weighted by Gasteiger charge is -2.12. The fourth-order valence-corrected chi connectivity index (χ4v) is 3.76. The van der Waals surface area contributed by atoms with Crippen molar-refractivity contribution in [3.8, 4) is 22.6 Å². The number of benzene rings is 4. The van der Waals surface area contributed by atoms with Crippen LogP contribution in [0.15, 0.2) is 48.5 Å². The van der Waals surface area contributed by atoms with Gasteiger partial charge in [0.05, 0.1) is 11.1 Å². The minimum Gasteiger partial charge on any atom is -0.482 e. The van der Waals surface area contributed by atoms with Crippen molar-refractivity contribution in [2.24, 2.45) is 0 Å². The van der Waals surface area contributed by atoms with Crippen molar-refractivity contribution in [2.75, 3.05) is 13.2 Å². The van der Waals surface area contributed by atoms with E-state index in [1.165, 1.54) is 36.4 Å². The Kier molecular flexibility index (Phi) is 10.4. The zero-order valence-corrected chi connectivity index (χ0v) is 22.7. The maximum Gasteiger partial charge on any atom is 0.344 e. The van der Waals surface area contributed by atoms with E-state index >= 15 is 0 Å². The van der Waals surface area contributed by atoms with Gasteiger partial charge >= 0.3 is 11.9 Å². The second-order valence-corrected chi connectivity index (χ2v) is 9.05. The number of hydrogen-bond acceptors (Lipinski definition) is 6. The molecule has 0 bridgehead atoms. The Labute approximate surface area is 251 Å². The summed E-state index contributed by atoms with van der Waals surface area (Å²) >= 11 is 0. The van der Waals surface area contributed by atoms with Gasteiger partial charge < -0.3 is 18.9 Å². The van der Waals surface area contributed by atoms with E-state index in [9.17, 15) is 53.5 Å². The Morgan fingerprint density at radius 2 is 0.761 bits per heavy atom. The smallest absolute Gasteiger partial charge is 0.344 e. The van der Waals surface area contributed by atoms with Crippen molar-refractivity contribution in [1.82, 2.24) is 0 Å². The third-order valence-electron chi connectivity index (χ3n) is 6.07. The van der Waals surface area contributed by atoms with Crippen molar-refractivity contribution in [3.63, 3.8) is 0 Å². The van der Waals surface area contributed by atoms with Crippen LogP contribution < -0.4 is 9.47 Å². The molecular weight excluding hydrogens is 646 g/mol. The van der Waals surface area contributed by atoms with Crippen molar-refractivity contribution in [2.45, 2.75) is 13.2 Å². The van der Waals surface area contributed by atoms with E-state index in [2.05, 4.69) is 9.47 Å². The lowest BCUT2D eigenvalue weighted by atomic mass is 10.1. The predicted molar refractivity (Wildman–Crippen MR) is 135 cm³/mol. The molecule has 0 saturated heterocycles. The standard InChI is InChI=1S/C30H16F10O6/c31-21-17(22(32)26(36)29(39)25(21)35)9-45-19(41)11-43-15-5-1-3-13(7-15)14-4-2-6-16(8-14)44-12-20(42)46-10-18-23(33)27(37)30(40)28(38)24(18)34/h1-8H,9-12H2. The molecule has 6 nitrogen and oxygen atoms in total. The van der Waals surface area contributed by atoms with Gasteiger partial charge in [-0.1, -0.05) is 24.3 Å². The zero-order chi connectivity index (χ0) is 33.7. The van der Waals surface area contributed by atoms with Crippen LogP contribution in [0.4, 0.5) is 43.9 Å². The first kappa shape index (κ1) is 33.6. The van der Waals surface area contributed by atoms with Gasteiger partial charge in [-0.2, -0.15) is 0 Å². The summed E-state index contributed by atoms with van der Waals surface area (Å²) in [6.07, 6.45) is 0. The molecule has 0 saturated carbocycles. The third-order valence-corrected chi connectivity index (χ3v) is 6.07. The Hall–Kier alpha value is -5.28. The summed E-state index contributed by atoms with van der Waals surface area (Å²) in [5, 5.41) is 0. The van der Waals surface area contributed by atoms with Crippen molar-refractivity contribution < 1.29 is 72.4 Å². The van der Waals surface area contributed by atoms with Crippen molar-refractivity contribution >= 4 is 11.9 Å². The maximum absolute atomic E-state index is 13.8. The van der Waals surface area contributed by atoms with Gasteiger partial charge in [-0.15, -0.1) is 0 Å². The second kappa shape index (κ2) is 14.2. The quantitative estimate of drug-likeness (QED) is 0.0747. The van der Waals surface area contributed by atoms with Gasteiger partial charge in [0.2, 0.25) is 11.6 Å².